The Morgan fingerprint density at radius 3 is 3.09 bits per heavy atom. The molecule has 0 spiro atoms. The van der Waals surface area contributed by atoms with Crippen LogP contribution in [0.3, 0.4) is 0 Å². The number of hydroxylamine groups is 1. The van der Waals surface area contributed by atoms with Crippen molar-refractivity contribution in [2.45, 2.75) is 24.3 Å². The Balaban J connectivity index is 2.20. The van der Waals surface area contributed by atoms with Crippen LogP contribution < -0.4 is 11.2 Å². The van der Waals surface area contributed by atoms with Crippen LogP contribution in [0.15, 0.2) is 12.2 Å². The fraction of sp³-hybridized carbons (Fsp3) is 0.714. The van der Waals surface area contributed by atoms with Gasteiger partial charge in [0.05, 0.1) is 6.17 Å². The lowest BCUT2D eigenvalue weighted by atomic mass is 10.2. The predicted molar refractivity (Wildman–Crippen MR) is 47.5 cm³/mol. The minimum absolute atomic E-state index is 0.279. The zero-order valence-corrected chi connectivity index (χ0v) is 7.18. The number of nitrogens with one attached hydrogen (secondary N) is 1. The second-order valence-electron chi connectivity index (χ2n) is 2.63. The molecule has 1 aliphatic rings. The third-order valence-electron chi connectivity index (χ3n) is 1.68. The first kappa shape index (κ1) is 9.06. The SMILES string of the molecule is NC(CC1CC=CCS1)NO. The van der Waals surface area contributed by atoms with Gasteiger partial charge in [0.15, 0.2) is 0 Å². The van der Waals surface area contributed by atoms with Gasteiger partial charge in [0.1, 0.15) is 0 Å². The lowest BCUT2D eigenvalue weighted by molar-refractivity contribution is 0.124. The van der Waals surface area contributed by atoms with Crippen LogP contribution >= 0.6 is 11.8 Å². The van der Waals surface area contributed by atoms with Crippen LogP contribution in [0.4, 0.5) is 0 Å². The van der Waals surface area contributed by atoms with Gasteiger partial charge in [0, 0.05) is 11.0 Å². The molecular formula is C7H14N2OS. The van der Waals surface area contributed by atoms with Crippen molar-refractivity contribution in [1.29, 1.82) is 0 Å². The maximum atomic E-state index is 8.46. The Labute approximate surface area is 71.0 Å². The zero-order valence-electron chi connectivity index (χ0n) is 6.36. The lowest BCUT2D eigenvalue weighted by Gasteiger charge is -2.19. The highest BCUT2D eigenvalue weighted by molar-refractivity contribution is 8.00. The Kier molecular flexibility index (Phi) is 3.93. The molecule has 1 rings (SSSR count). The van der Waals surface area contributed by atoms with E-state index in [1.807, 2.05) is 11.8 Å². The standard InChI is InChI=1S/C7H14N2OS/c8-7(9-10)5-6-3-1-2-4-11-6/h1-2,6-7,9-10H,3-5,8H2. The fourth-order valence-electron chi connectivity index (χ4n) is 1.08. The largest absolute Gasteiger partial charge is 0.315 e. The van der Waals surface area contributed by atoms with E-state index in [0.717, 1.165) is 18.6 Å². The normalized spacial score (nSPS) is 26.9. The lowest BCUT2D eigenvalue weighted by Crippen LogP contribution is -2.37. The monoisotopic (exact) mass is 174 g/mol. The number of thioether (sulfide) groups is 1. The minimum Gasteiger partial charge on any atom is -0.315 e. The van der Waals surface area contributed by atoms with Crippen LogP contribution in [-0.4, -0.2) is 22.4 Å². The van der Waals surface area contributed by atoms with E-state index >= 15 is 0 Å². The number of rotatable bonds is 3. The third-order valence-corrected chi connectivity index (χ3v) is 2.92. The topological polar surface area (TPSA) is 58.3 Å². The molecule has 64 valence electrons. The van der Waals surface area contributed by atoms with Crippen LogP contribution in [0.5, 0.6) is 0 Å². The molecule has 0 saturated heterocycles. The molecule has 3 nitrogen and oxygen atoms in total. The third kappa shape index (κ3) is 3.25. The van der Waals surface area contributed by atoms with E-state index in [4.69, 9.17) is 10.9 Å². The molecule has 11 heavy (non-hydrogen) atoms. The first-order valence-electron chi connectivity index (χ1n) is 3.74. The molecular weight excluding hydrogens is 160 g/mol. The Hall–Kier alpha value is -0.0300. The van der Waals surface area contributed by atoms with Crippen molar-refractivity contribution in [3.63, 3.8) is 0 Å². The van der Waals surface area contributed by atoms with Crippen molar-refractivity contribution >= 4 is 11.8 Å². The van der Waals surface area contributed by atoms with Crippen molar-refractivity contribution in [3.05, 3.63) is 12.2 Å². The number of hydrogen-bond donors (Lipinski definition) is 3. The van der Waals surface area contributed by atoms with E-state index in [1.54, 1.807) is 0 Å². The summed E-state index contributed by atoms with van der Waals surface area (Å²) in [5.41, 5.74) is 7.56. The predicted octanol–water partition coefficient (Wildman–Crippen LogP) is 0.702. The first-order chi connectivity index (χ1) is 5.33. The highest BCUT2D eigenvalue weighted by Gasteiger charge is 2.13. The van der Waals surface area contributed by atoms with E-state index in [1.165, 1.54) is 0 Å². The second-order valence-corrected chi connectivity index (χ2v) is 3.97. The van der Waals surface area contributed by atoms with Gasteiger partial charge in [-0.2, -0.15) is 17.2 Å². The fourth-order valence-corrected chi connectivity index (χ4v) is 2.19. The molecule has 0 aromatic heterocycles. The molecule has 0 bridgehead atoms. The molecule has 4 N–H and O–H groups in total. The van der Waals surface area contributed by atoms with Crippen molar-refractivity contribution < 1.29 is 5.21 Å². The van der Waals surface area contributed by atoms with Crippen LogP contribution in [0.2, 0.25) is 0 Å². The molecule has 2 atom stereocenters. The summed E-state index contributed by atoms with van der Waals surface area (Å²) in [6, 6.07) is 0. The van der Waals surface area contributed by atoms with Crippen LogP contribution in [0.1, 0.15) is 12.8 Å². The molecule has 0 aromatic carbocycles. The van der Waals surface area contributed by atoms with Gasteiger partial charge >= 0.3 is 0 Å². The molecule has 0 fully saturated rings. The maximum absolute atomic E-state index is 8.46. The second kappa shape index (κ2) is 4.77. The Morgan fingerprint density at radius 1 is 1.73 bits per heavy atom. The summed E-state index contributed by atoms with van der Waals surface area (Å²) in [5, 5.41) is 9.03. The van der Waals surface area contributed by atoms with Gasteiger partial charge in [-0.15, -0.1) is 0 Å². The smallest absolute Gasteiger partial charge is 0.0795 e. The van der Waals surface area contributed by atoms with Gasteiger partial charge in [-0.3, -0.25) is 0 Å². The van der Waals surface area contributed by atoms with Crippen molar-refractivity contribution in [2.75, 3.05) is 5.75 Å². The maximum Gasteiger partial charge on any atom is 0.0795 e. The summed E-state index contributed by atoms with van der Waals surface area (Å²) in [6.07, 6.45) is 5.95. The first-order valence-corrected chi connectivity index (χ1v) is 4.79. The molecule has 2 unspecified atom stereocenters. The Morgan fingerprint density at radius 2 is 2.55 bits per heavy atom. The molecule has 0 saturated carbocycles. The van der Waals surface area contributed by atoms with E-state index in [0.29, 0.717) is 5.25 Å². The van der Waals surface area contributed by atoms with Crippen LogP contribution in [-0.2, 0) is 0 Å². The van der Waals surface area contributed by atoms with Gasteiger partial charge in [-0.05, 0) is 12.8 Å². The van der Waals surface area contributed by atoms with Gasteiger partial charge in [-0.25, -0.2) is 0 Å². The van der Waals surface area contributed by atoms with Crippen molar-refractivity contribution in [2.24, 2.45) is 5.73 Å². The highest BCUT2D eigenvalue weighted by atomic mass is 32.2. The Bertz CT molecular complexity index is 140. The highest BCUT2D eigenvalue weighted by Crippen LogP contribution is 2.23. The molecule has 0 aliphatic carbocycles. The van der Waals surface area contributed by atoms with E-state index in [9.17, 15) is 0 Å². The molecule has 0 amide bonds. The van der Waals surface area contributed by atoms with Gasteiger partial charge in [-0.1, -0.05) is 12.2 Å². The van der Waals surface area contributed by atoms with E-state index in [2.05, 4.69) is 17.6 Å². The summed E-state index contributed by atoms with van der Waals surface area (Å²) in [5.74, 6) is 1.07. The molecule has 0 aromatic rings. The summed E-state index contributed by atoms with van der Waals surface area (Å²) in [4.78, 5) is 0. The molecule has 0 radical (unpaired) electrons. The van der Waals surface area contributed by atoms with Crippen molar-refractivity contribution in [1.82, 2.24) is 5.48 Å². The van der Waals surface area contributed by atoms with Gasteiger partial charge < -0.3 is 10.9 Å². The number of nitrogens with two attached hydrogens (primary N) is 1. The minimum atomic E-state index is -0.279. The van der Waals surface area contributed by atoms with E-state index in [-0.39, 0.29) is 6.17 Å². The molecule has 1 aliphatic heterocycles. The number of hydrogen-bond acceptors (Lipinski definition) is 4. The van der Waals surface area contributed by atoms with Crippen LogP contribution in [0.25, 0.3) is 0 Å². The van der Waals surface area contributed by atoms with Gasteiger partial charge in [0.2, 0.25) is 0 Å². The van der Waals surface area contributed by atoms with Crippen molar-refractivity contribution in [3.8, 4) is 0 Å². The van der Waals surface area contributed by atoms with Gasteiger partial charge in [0.25, 0.3) is 0 Å². The summed E-state index contributed by atoms with van der Waals surface area (Å²) in [6.45, 7) is 0. The van der Waals surface area contributed by atoms with E-state index < -0.39 is 0 Å². The number of allylic oxidation sites excluding steroid dienone is 1. The summed E-state index contributed by atoms with van der Waals surface area (Å²) < 4.78 is 0. The molecule has 4 heteroatoms. The average molecular weight is 174 g/mol. The van der Waals surface area contributed by atoms with Crippen LogP contribution in [0, 0.1) is 0 Å². The molecule has 1 heterocycles. The zero-order chi connectivity index (χ0) is 8.10. The quantitative estimate of drug-likeness (QED) is 0.335. The summed E-state index contributed by atoms with van der Waals surface area (Å²) >= 11 is 1.89. The average Bonchev–Trinajstić information content (AvgIpc) is 2.06. The summed E-state index contributed by atoms with van der Waals surface area (Å²) in [7, 11) is 0.